The van der Waals surface area contributed by atoms with Gasteiger partial charge in [-0.2, -0.15) is 0 Å². The van der Waals surface area contributed by atoms with Gasteiger partial charge < -0.3 is 5.73 Å². The lowest BCUT2D eigenvalue weighted by Gasteiger charge is -2.00. The Labute approximate surface area is 84.8 Å². The molecule has 0 fully saturated rings. The number of rotatable bonds is 4. The van der Waals surface area contributed by atoms with Crippen molar-refractivity contribution in [1.29, 1.82) is 0 Å². The molecule has 0 heterocycles. The van der Waals surface area contributed by atoms with E-state index >= 15 is 0 Å². The molecule has 1 rings (SSSR count). The van der Waals surface area contributed by atoms with E-state index < -0.39 is 16.5 Å². The predicted molar refractivity (Wildman–Crippen MR) is 51.1 cm³/mol. The van der Waals surface area contributed by atoms with E-state index in [0.29, 0.717) is 0 Å². The number of nitrogens with two attached hydrogens (primary N) is 1. The Bertz CT molecular complexity index is 406. The number of nitrogens with zero attached hydrogens (tertiary/aromatic N) is 1. The molecular formula is C9H9FN2O3. The highest BCUT2D eigenvalue weighted by molar-refractivity contribution is 5.97. The lowest BCUT2D eigenvalue weighted by atomic mass is 10.1. The molecule has 1 aromatic rings. The summed E-state index contributed by atoms with van der Waals surface area (Å²) in [6.45, 7) is 0.0843. The maximum Gasteiger partial charge on any atom is 0.270 e. The molecule has 0 amide bonds. The first kappa shape index (κ1) is 11.3. The number of carbonyl (C=O) groups excluding carboxylic acids is 1. The molecule has 80 valence electrons. The lowest BCUT2D eigenvalue weighted by molar-refractivity contribution is -0.384. The number of ketones is 1. The number of nitro groups is 1. The van der Waals surface area contributed by atoms with Crippen molar-refractivity contribution in [3.8, 4) is 0 Å². The number of Topliss-reactive ketones (excluding diaryl/α,β-unsaturated/α-hetero) is 1. The van der Waals surface area contributed by atoms with Gasteiger partial charge in [-0.25, -0.2) is 4.39 Å². The summed E-state index contributed by atoms with van der Waals surface area (Å²) in [5.74, 6) is -1.29. The van der Waals surface area contributed by atoms with Crippen LogP contribution in [0.5, 0.6) is 0 Å². The standard InChI is InChI=1S/C9H9FN2O3/c10-8-2-1-6(12(14)15)5-7(8)9(13)3-4-11/h1-2,5H,3-4,11H2. The summed E-state index contributed by atoms with van der Waals surface area (Å²) in [7, 11) is 0. The number of nitro benzene ring substituents is 1. The van der Waals surface area contributed by atoms with Gasteiger partial charge in [0.1, 0.15) is 5.82 Å². The summed E-state index contributed by atoms with van der Waals surface area (Å²) in [6.07, 6.45) is -0.0297. The summed E-state index contributed by atoms with van der Waals surface area (Å²) >= 11 is 0. The molecule has 0 radical (unpaired) electrons. The van der Waals surface area contributed by atoms with Gasteiger partial charge in [0.25, 0.3) is 5.69 Å². The topological polar surface area (TPSA) is 86.2 Å². The Balaban J connectivity index is 3.10. The van der Waals surface area contributed by atoms with Crippen molar-refractivity contribution in [2.45, 2.75) is 6.42 Å². The molecule has 5 nitrogen and oxygen atoms in total. The van der Waals surface area contributed by atoms with Crippen LogP contribution in [-0.4, -0.2) is 17.3 Å². The van der Waals surface area contributed by atoms with E-state index in [2.05, 4.69) is 0 Å². The largest absolute Gasteiger partial charge is 0.330 e. The minimum Gasteiger partial charge on any atom is -0.330 e. The summed E-state index contributed by atoms with van der Waals surface area (Å²) in [5.41, 5.74) is 4.55. The fraction of sp³-hybridized carbons (Fsp3) is 0.222. The molecule has 0 saturated carbocycles. The van der Waals surface area contributed by atoms with Gasteiger partial charge in [0.05, 0.1) is 10.5 Å². The molecule has 1 aromatic carbocycles. The summed E-state index contributed by atoms with van der Waals surface area (Å²) < 4.78 is 13.1. The van der Waals surface area contributed by atoms with Crippen molar-refractivity contribution < 1.29 is 14.1 Å². The van der Waals surface area contributed by atoms with E-state index in [4.69, 9.17) is 5.73 Å². The van der Waals surface area contributed by atoms with Crippen molar-refractivity contribution in [1.82, 2.24) is 0 Å². The Hall–Kier alpha value is -1.82. The van der Waals surface area contributed by atoms with Crippen LogP contribution in [-0.2, 0) is 0 Å². The van der Waals surface area contributed by atoms with Crippen molar-refractivity contribution in [3.63, 3.8) is 0 Å². The van der Waals surface area contributed by atoms with Crippen molar-refractivity contribution >= 4 is 11.5 Å². The second kappa shape index (κ2) is 4.61. The van der Waals surface area contributed by atoms with Crippen LogP contribution >= 0.6 is 0 Å². The molecule has 0 aromatic heterocycles. The van der Waals surface area contributed by atoms with Gasteiger partial charge in [-0.05, 0) is 12.6 Å². The fourth-order valence-corrected chi connectivity index (χ4v) is 1.11. The first-order valence-corrected chi connectivity index (χ1v) is 4.23. The van der Waals surface area contributed by atoms with Crippen LogP contribution in [0.15, 0.2) is 18.2 Å². The molecule has 0 aliphatic carbocycles. The zero-order valence-corrected chi connectivity index (χ0v) is 7.77. The van der Waals surface area contributed by atoms with Crippen LogP contribution in [0.1, 0.15) is 16.8 Å². The highest BCUT2D eigenvalue weighted by atomic mass is 19.1. The van der Waals surface area contributed by atoms with Crippen LogP contribution in [0.2, 0.25) is 0 Å². The fourth-order valence-electron chi connectivity index (χ4n) is 1.11. The first-order chi connectivity index (χ1) is 7.06. The summed E-state index contributed by atoms with van der Waals surface area (Å²) in [4.78, 5) is 21.0. The third-order valence-electron chi connectivity index (χ3n) is 1.83. The van der Waals surface area contributed by atoms with E-state index in [0.717, 1.165) is 18.2 Å². The minimum atomic E-state index is -0.765. The number of halogens is 1. The van der Waals surface area contributed by atoms with Crippen molar-refractivity contribution in [3.05, 3.63) is 39.7 Å². The lowest BCUT2D eigenvalue weighted by Crippen LogP contribution is -2.10. The molecule has 0 unspecified atom stereocenters. The van der Waals surface area contributed by atoms with Crippen molar-refractivity contribution in [2.75, 3.05) is 6.54 Å². The molecule has 2 N–H and O–H groups in total. The van der Waals surface area contributed by atoms with Gasteiger partial charge >= 0.3 is 0 Å². The Kier molecular flexibility index (Phi) is 3.46. The minimum absolute atomic E-state index is 0.0297. The third-order valence-corrected chi connectivity index (χ3v) is 1.83. The molecular weight excluding hydrogens is 203 g/mol. The number of hydrogen-bond donors (Lipinski definition) is 1. The van der Waals surface area contributed by atoms with Gasteiger partial charge in [-0.1, -0.05) is 0 Å². The monoisotopic (exact) mass is 212 g/mol. The number of non-ortho nitro benzene ring substituents is 1. The van der Waals surface area contributed by atoms with Gasteiger partial charge in [0.2, 0.25) is 0 Å². The molecule has 0 atom stereocenters. The average Bonchev–Trinajstić information content (AvgIpc) is 2.18. The van der Waals surface area contributed by atoms with E-state index in [1.54, 1.807) is 0 Å². The van der Waals surface area contributed by atoms with E-state index in [-0.39, 0.29) is 24.2 Å². The molecule has 0 aliphatic rings. The zero-order chi connectivity index (χ0) is 11.4. The quantitative estimate of drug-likeness (QED) is 0.462. The third kappa shape index (κ3) is 2.57. The number of benzene rings is 1. The molecule has 0 spiro atoms. The van der Waals surface area contributed by atoms with Crippen LogP contribution in [0, 0.1) is 15.9 Å². The van der Waals surface area contributed by atoms with E-state index in [1.165, 1.54) is 0 Å². The smallest absolute Gasteiger partial charge is 0.270 e. The van der Waals surface area contributed by atoms with Gasteiger partial charge in [0.15, 0.2) is 5.78 Å². The Morgan fingerprint density at radius 1 is 1.53 bits per heavy atom. The SMILES string of the molecule is NCCC(=O)c1cc([N+](=O)[O-])ccc1F. The maximum absolute atomic E-state index is 13.1. The highest BCUT2D eigenvalue weighted by Gasteiger charge is 2.15. The maximum atomic E-state index is 13.1. The molecule has 0 aliphatic heterocycles. The zero-order valence-electron chi connectivity index (χ0n) is 7.77. The van der Waals surface area contributed by atoms with Crippen LogP contribution in [0.4, 0.5) is 10.1 Å². The van der Waals surface area contributed by atoms with E-state index in [1.807, 2.05) is 0 Å². The molecule has 0 saturated heterocycles. The second-order valence-electron chi connectivity index (χ2n) is 2.88. The number of carbonyl (C=O) groups is 1. The van der Waals surface area contributed by atoms with Crippen LogP contribution in [0.3, 0.4) is 0 Å². The number of hydrogen-bond acceptors (Lipinski definition) is 4. The van der Waals surface area contributed by atoms with Crippen molar-refractivity contribution in [2.24, 2.45) is 5.73 Å². The van der Waals surface area contributed by atoms with Gasteiger partial charge in [0, 0.05) is 18.6 Å². The van der Waals surface area contributed by atoms with Gasteiger partial charge in [-0.15, -0.1) is 0 Å². The first-order valence-electron chi connectivity index (χ1n) is 4.23. The summed E-state index contributed by atoms with van der Waals surface area (Å²) in [6, 6.07) is 2.84. The Morgan fingerprint density at radius 3 is 2.73 bits per heavy atom. The predicted octanol–water partition coefficient (Wildman–Crippen LogP) is 1.27. The normalized spacial score (nSPS) is 10.0. The summed E-state index contributed by atoms with van der Waals surface area (Å²) in [5, 5.41) is 10.4. The second-order valence-corrected chi connectivity index (χ2v) is 2.88. The van der Waals surface area contributed by atoms with E-state index in [9.17, 15) is 19.3 Å². The molecule has 6 heteroatoms. The van der Waals surface area contributed by atoms with Crippen LogP contribution in [0.25, 0.3) is 0 Å². The van der Waals surface area contributed by atoms with Gasteiger partial charge in [-0.3, -0.25) is 14.9 Å². The molecule has 15 heavy (non-hydrogen) atoms. The average molecular weight is 212 g/mol. The van der Waals surface area contributed by atoms with Crippen LogP contribution < -0.4 is 5.73 Å². The molecule has 0 bridgehead atoms. The highest BCUT2D eigenvalue weighted by Crippen LogP contribution is 2.17. The Morgan fingerprint density at radius 2 is 2.20 bits per heavy atom.